The molecule has 1 aromatic heterocycles. The monoisotopic (exact) mass is 364 g/mol. The molecule has 2 heterocycles. The van der Waals surface area contributed by atoms with Crippen molar-refractivity contribution in [3.05, 3.63) is 65.9 Å². The number of rotatable bonds is 5. The van der Waals surface area contributed by atoms with E-state index in [1.54, 1.807) is 6.08 Å². The van der Waals surface area contributed by atoms with Crippen molar-refractivity contribution in [2.75, 3.05) is 13.3 Å². The maximum atomic E-state index is 12.0. The second-order valence-corrected chi connectivity index (χ2v) is 6.45. The number of nitrogens with zero attached hydrogens (tertiary/aromatic N) is 1. The van der Waals surface area contributed by atoms with Gasteiger partial charge in [0.05, 0.1) is 6.10 Å². The van der Waals surface area contributed by atoms with Gasteiger partial charge < -0.3 is 24.5 Å². The van der Waals surface area contributed by atoms with E-state index in [1.165, 1.54) is 6.08 Å². The molecule has 0 bridgehead atoms. The smallest absolute Gasteiger partial charge is 0.244 e. The normalized spacial score (nSPS) is 14.0. The summed E-state index contributed by atoms with van der Waals surface area (Å²) in [7, 11) is 1.98. The van der Waals surface area contributed by atoms with E-state index in [-0.39, 0.29) is 19.2 Å². The Bertz CT molecular complexity index is 1020. The minimum atomic E-state index is -0.766. The van der Waals surface area contributed by atoms with E-state index < -0.39 is 6.10 Å². The first-order valence-corrected chi connectivity index (χ1v) is 8.69. The number of aliphatic hydroxyl groups excluding tert-OH is 1. The van der Waals surface area contributed by atoms with Crippen molar-refractivity contribution < 1.29 is 19.4 Å². The van der Waals surface area contributed by atoms with Crippen molar-refractivity contribution in [1.82, 2.24) is 9.88 Å². The number of nitrogens with one attached hydrogen (secondary N) is 1. The molecular formula is C21H20N2O4. The minimum absolute atomic E-state index is 0.142. The summed E-state index contributed by atoms with van der Waals surface area (Å²) in [5, 5.41) is 14.1. The van der Waals surface area contributed by atoms with Crippen LogP contribution in [0.2, 0.25) is 0 Å². The standard InChI is InChI=1S/C21H20N2O4/c1-23-9-8-15-11-16(4-5-17(15)23)18(24)12-22-21(25)7-3-14-2-6-19-20(10-14)27-13-26-19/h2-11,18,24H,12-13H2,1H3,(H,22,25)/b7-3+. The Morgan fingerprint density at radius 2 is 2.07 bits per heavy atom. The zero-order valence-corrected chi connectivity index (χ0v) is 14.9. The Labute approximate surface area is 156 Å². The van der Waals surface area contributed by atoms with Crippen LogP contribution < -0.4 is 14.8 Å². The van der Waals surface area contributed by atoms with E-state index in [9.17, 15) is 9.90 Å². The van der Waals surface area contributed by atoms with E-state index in [4.69, 9.17) is 9.47 Å². The van der Waals surface area contributed by atoms with Crippen LogP contribution in [-0.4, -0.2) is 28.9 Å². The number of carbonyl (C=O) groups is 1. The predicted molar refractivity (Wildman–Crippen MR) is 102 cm³/mol. The number of amides is 1. The van der Waals surface area contributed by atoms with Gasteiger partial charge in [0, 0.05) is 31.4 Å². The van der Waals surface area contributed by atoms with Gasteiger partial charge in [-0.05, 0) is 52.9 Å². The molecule has 3 aromatic rings. The van der Waals surface area contributed by atoms with Crippen LogP contribution in [0.5, 0.6) is 11.5 Å². The number of fused-ring (bicyclic) bond motifs is 2. The summed E-state index contributed by atoms with van der Waals surface area (Å²) < 4.78 is 12.6. The van der Waals surface area contributed by atoms with Crippen LogP contribution in [0.25, 0.3) is 17.0 Å². The largest absolute Gasteiger partial charge is 0.454 e. The molecule has 0 fully saturated rings. The van der Waals surface area contributed by atoms with E-state index in [1.807, 2.05) is 60.3 Å². The third-order valence-corrected chi connectivity index (χ3v) is 4.59. The van der Waals surface area contributed by atoms with Crippen molar-refractivity contribution in [3.63, 3.8) is 0 Å². The van der Waals surface area contributed by atoms with Gasteiger partial charge in [-0.25, -0.2) is 0 Å². The minimum Gasteiger partial charge on any atom is -0.454 e. The Kier molecular flexibility index (Phi) is 4.56. The molecule has 4 rings (SSSR count). The van der Waals surface area contributed by atoms with Crippen molar-refractivity contribution in [2.45, 2.75) is 6.10 Å². The van der Waals surface area contributed by atoms with Gasteiger partial charge >= 0.3 is 0 Å². The Morgan fingerprint density at radius 1 is 1.22 bits per heavy atom. The van der Waals surface area contributed by atoms with E-state index in [0.29, 0.717) is 11.5 Å². The lowest BCUT2D eigenvalue weighted by Crippen LogP contribution is -2.26. The molecule has 1 atom stereocenters. The highest BCUT2D eigenvalue weighted by Gasteiger charge is 2.13. The van der Waals surface area contributed by atoms with Gasteiger partial charge in [-0.3, -0.25) is 4.79 Å². The highest BCUT2D eigenvalue weighted by molar-refractivity contribution is 5.91. The van der Waals surface area contributed by atoms with Gasteiger partial charge in [0.2, 0.25) is 12.7 Å². The number of aromatic nitrogens is 1. The topological polar surface area (TPSA) is 72.7 Å². The fraction of sp³-hybridized carbons (Fsp3) is 0.190. The maximum absolute atomic E-state index is 12.0. The van der Waals surface area contributed by atoms with Gasteiger partial charge in [-0.1, -0.05) is 12.1 Å². The highest BCUT2D eigenvalue weighted by Crippen LogP contribution is 2.32. The van der Waals surface area contributed by atoms with E-state index in [0.717, 1.165) is 22.0 Å². The summed E-state index contributed by atoms with van der Waals surface area (Å²) in [6, 6.07) is 13.3. The summed E-state index contributed by atoms with van der Waals surface area (Å²) in [6.07, 6.45) is 4.34. The molecule has 6 heteroatoms. The Hall–Kier alpha value is -3.25. The summed E-state index contributed by atoms with van der Waals surface area (Å²) in [6.45, 7) is 0.359. The lowest BCUT2D eigenvalue weighted by molar-refractivity contribution is -0.116. The van der Waals surface area contributed by atoms with Gasteiger partial charge in [0.25, 0.3) is 0 Å². The molecule has 27 heavy (non-hydrogen) atoms. The lowest BCUT2D eigenvalue weighted by atomic mass is 10.1. The third kappa shape index (κ3) is 3.66. The summed E-state index contributed by atoms with van der Waals surface area (Å²) in [5.74, 6) is 1.10. The summed E-state index contributed by atoms with van der Waals surface area (Å²) in [4.78, 5) is 12.0. The average Bonchev–Trinajstić information content (AvgIpc) is 3.30. The zero-order chi connectivity index (χ0) is 18.8. The first-order chi connectivity index (χ1) is 13.1. The molecule has 6 nitrogen and oxygen atoms in total. The van der Waals surface area contributed by atoms with Crippen LogP contribution >= 0.6 is 0 Å². The Balaban J connectivity index is 1.35. The van der Waals surface area contributed by atoms with Crippen LogP contribution in [0, 0.1) is 0 Å². The number of carbonyl (C=O) groups excluding carboxylic acids is 1. The van der Waals surface area contributed by atoms with Crippen molar-refractivity contribution in [2.24, 2.45) is 7.05 Å². The summed E-state index contributed by atoms with van der Waals surface area (Å²) in [5.41, 5.74) is 2.71. The second-order valence-electron chi connectivity index (χ2n) is 6.45. The van der Waals surface area contributed by atoms with Crippen LogP contribution in [0.15, 0.2) is 54.7 Å². The van der Waals surface area contributed by atoms with Crippen LogP contribution in [0.4, 0.5) is 0 Å². The zero-order valence-electron chi connectivity index (χ0n) is 14.9. The molecule has 1 aliphatic rings. The van der Waals surface area contributed by atoms with E-state index >= 15 is 0 Å². The molecule has 2 aromatic carbocycles. The predicted octanol–water partition coefficient (Wildman–Crippen LogP) is 2.77. The van der Waals surface area contributed by atoms with E-state index in [2.05, 4.69) is 5.32 Å². The number of ether oxygens (including phenoxy) is 2. The van der Waals surface area contributed by atoms with Crippen molar-refractivity contribution in [1.29, 1.82) is 0 Å². The molecule has 0 spiro atoms. The summed E-state index contributed by atoms with van der Waals surface area (Å²) >= 11 is 0. The van der Waals surface area contributed by atoms with Gasteiger partial charge in [-0.15, -0.1) is 0 Å². The maximum Gasteiger partial charge on any atom is 0.244 e. The molecule has 1 amide bonds. The number of hydrogen-bond acceptors (Lipinski definition) is 4. The molecule has 0 saturated carbocycles. The molecular weight excluding hydrogens is 344 g/mol. The lowest BCUT2D eigenvalue weighted by Gasteiger charge is -2.12. The molecule has 0 aliphatic carbocycles. The first kappa shape index (κ1) is 17.2. The SMILES string of the molecule is Cn1ccc2cc(C(O)CNC(=O)/C=C/c3ccc4c(c3)OCO4)ccc21. The number of benzene rings is 2. The van der Waals surface area contributed by atoms with Gasteiger partial charge in [0.1, 0.15) is 0 Å². The van der Waals surface area contributed by atoms with Crippen LogP contribution in [-0.2, 0) is 11.8 Å². The molecule has 1 aliphatic heterocycles. The van der Waals surface area contributed by atoms with Crippen LogP contribution in [0.1, 0.15) is 17.2 Å². The van der Waals surface area contributed by atoms with Gasteiger partial charge in [0.15, 0.2) is 11.5 Å². The van der Waals surface area contributed by atoms with Crippen molar-refractivity contribution in [3.8, 4) is 11.5 Å². The highest BCUT2D eigenvalue weighted by atomic mass is 16.7. The fourth-order valence-corrected chi connectivity index (χ4v) is 3.07. The number of hydrogen-bond donors (Lipinski definition) is 2. The third-order valence-electron chi connectivity index (χ3n) is 4.59. The Morgan fingerprint density at radius 3 is 2.96 bits per heavy atom. The van der Waals surface area contributed by atoms with Crippen molar-refractivity contribution >= 4 is 22.9 Å². The number of aryl methyl sites for hydroxylation is 1. The fourth-order valence-electron chi connectivity index (χ4n) is 3.07. The number of aliphatic hydroxyl groups is 1. The van der Waals surface area contributed by atoms with Crippen LogP contribution in [0.3, 0.4) is 0 Å². The molecule has 2 N–H and O–H groups in total. The second kappa shape index (κ2) is 7.17. The molecule has 138 valence electrons. The quantitative estimate of drug-likeness (QED) is 0.683. The van der Waals surface area contributed by atoms with Gasteiger partial charge in [-0.2, -0.15) is 0 Å². The first-order valence-electron chi connectivity index (χ1n) is 8.69. The average molecular weight is 364 g/mol. The molecule has 1 unspecified atom stereocenters. The molecule has 0 radical (unpaired) electrons. The molecule has 0 saturated heterocycles.